The van der Waals surface area contributed by atoms with Gasteiger partial charge >= 0.3 is 21.7 Å². The van der Waals surface area contributed by atoms with Gasteiger partial charge in [-0.15, -0.1) is 35.2 Å². The fraction of sp³-hybridized carbons (Fsp3) is 0.115. The van der Waals surface area contributed by atoms with Gasteiger partial charge in [-0.1, -0.05) is 41.5 Å². The zero-order chi connectivity index (χ0) is 18.8. The van der Waals surface area contributed by atoms with Crippen molar-refractivity contribution < 1.29 is 21.7 Å². The van der Waals surface area contributed by atoms with Crippen LogP contribution in [0.4, 0.5) is 0 Å². The molecule has 5 rings (SSSR count). The summed E-state index contributed by atoms with van der Waals surface area (Å²) in [6.07, 6.45) is 1.05. The van der Waals surface area contributed by atoms with Gasteiger partial charge in [-0.2, -0.15) is 61.2 Å². The molecule has 0 amide bonds. The molecule has 0 nitrogen and oxygen atoms in total. The minimum atomic E-state index is 0. The van der Waals surface area contributed by atoms with Crippen LogP contribution in [0.3, 0.4) is 0 Å². The molecule has 0 atom stereocenters. The maximum Gasteiger partial charge on any atom is 4.00 e. The van der Waals surface area contributed by atoms with E-state index in [4.69, 9.17) is 0 Å². The molecule has 0 spiro atoms. The van der Waals surface area contributed by atoms with Crippen LogP contribution in [0.1, 0.15) is 25.0 Å². The van der Waals surface area contributed by atoms with Crippen LogP contribution in [0.15, 0.2) is 84.9 Å². The van der Waals surface area contributed by atoms with Crippen molar-refractivity contribution in [2.75, 3.05) is 0 Å². The molecular weight excluding hydrogens is 360 g/mol. The standard InChI is InChI=1S/C13H9.C9H7.2C2H5.Ti/c1-3-7-12-10(5-1)9-11-6-2-4-8-13(11)12;1-2-5-9-7-3-6-8(9)4-1;2*1-2;/h1-5,7-8H,9H2;1-7H;2*1H2,2H3;/q4*-1;+4. The van der Waals surface area contributed by atoms with Gasteiger partial charge in [-0.3, -0.25) is 0 Å². The first-order valence-electron chi connectivity index (χ1n) is 9.01. The van der Waals surface area contributed by atoms with Crippen molar-refractivity contribution in [3.63, 3.8) is 0 Å². The van der Waals surface area contributed by atoms with E-state index in [9.17, 15) is 0 Å². The molecule has 1 aliphatic rings. The molecule has 0 unspecified atom stereocenters. The Kier molecular flexibility index (Phi) is 10.6. The van der Waals surface area contributed by atoms with Crippen molar-refractivity contribution in [2.45, 2.75) is 20.3 Å². The number of rotatable bonds is 0. The number of benzene rings is 3. The maximum absolute atomic E-state index is 3.30. The van der Waals surface area contributed by atoms with E-state index in [1.54, 1.807) is 13.8 Å². The topological polar surface area (TPSA) is 0 Å². The molecule has 0 saturated carbocycles. The van der Waals surface area contributed by atoms with E-state index in [0.29, 0.717) is 0 Å². The smallest absolute Gasteiger partial charge is 0.346 e. The zero-order valence-corrected chi connectivity index (χ0v) is 17.8. The average Bonchev–Trinajstić information content (AvgIpc) is 3.36. The SMILES string of the molecule is [CH2-]C.[CH2-]C.[Ti+4].[c-]1cccc2c1Cc1ccccc1-2.c1ccc2[cH-]ccc2c1. The van der Waals surface area contributed by atoms with Crippen molar-refractivity contribution in [2.24, 2.45) is 0 Å². The summed E-state index contributed by atoms with van der Waals surface area (Å²) in [6, 6.07) is 32.8. The summed E-state index contributed by atoms with van der Waals surface area (Å²) in [5, 5.41) is 2.66. The average molecular weight is 386 g/mol. The minimum Gasteiger partial charge on any atom is -0.346 e. The second-order valence-electron chi connectivity index (χ2n) is 5.55. The summed E-state index contributed by atoms with van der Waals surface area (Å²) in [7, 11) is 0. The first-order chi connectivity index (χ1) is 12.9. The summed E-state index contributed by atoms with van der Waals surface area (Å²) in [5.74, 6) is 0. The molecule has 4 aromatic carbocycles. The molecule has 1 heteroatoms. The Hall–Kier alpha value is -2.02. The van der Waals surface area contributed by atoms with Crippen LogP contribution >= 0.6 is 0 Å². The van der Waals surface area contributed by atoms with E-state index >= 15 is 0 Å². The van der Waals surface area contributed by atoms with E-state index in [2.05, 4.69) is 98.8 Å². The molecule has 0 N–H and O–H groups in total. The molecule has 0 aromatic heterocycles. The fourth-order valence-corrected chi connectivity index (χ4v) is 3.07. The van der Waals surface area contributed by atoms with Crippen LogP contribution in [-0.4, -0.2) is 0 Å². The molecule has 1 aliphatic carbocycles. The van der Waals surface area contributed by atoms with Crippen LogP contribution in [0.2, 0.25) is 0 Å². The van der Waals surface area contributed by atoms with Gasteiger partial charge in [0, 0.05) is 0 Å². The largest absolute Gasteiger partial charge is 4.00 e. The molecule has 0 bridgehead atoms. The van der Waals surface area contributed by atoms with E-state index in [0.717, 1.165) is 6.42 Å². The van der Waals surface area contributed by atoms with Gasteiger partial charge in [0.1, 0.15) is 0 Å². The second-order valence-corrected chi connectivity index (χ2v) is 5.55. The first kappa shape index (κ1) is 23.0. The van der Waals surface area contributed by atoms with Gasteiger partial charge in [0.25, 0.3) is 0 Å². The Morgan fingerprint density at radius 3 is 2.22 bits per heavy atom. The zero-order valence-electron chi connectivity index (χ0n) is 16.2. The molecule has 0 radical (unpaired) electrons. The van der Waals surface area contributed by atoms with Crippen molar-refractivity contribution >= 4 is 10.8 Å². The maximum atomic E-state index is 3.30. The third-order valence-electron chi connectivity index (χ3n) is 4.16. The monoisotopic (exact) mass is 386 g/mol. The van der Waals surface area contributed by atoms with Crippen LogP contribution in [0.25, 0.3) is 21.9 Å². The summed E-state index contributed by atoms with van der Waals surface area (Å²) in [4.78, 5) is 0. The van der Waals surface area contributed by atoms with Crippen LogP contribution in [0, 0.1) is 19.9 Å². The second kappa shape index (κ2) is 12.4. The third-order valence-corrected chi connectivity index (χ3v) is 4.16. The quantitative estimate of drug-likeness (QED) is 0.194. The Morgan fingerprint density at radius 2 is 1.44 bits per heavy atom. The predicted octanol–water partition coefficient (Wildman–Crippen LogP) is 7.29. The van der Waals surface area contributed by atoms with E-state index < -0.39 is 0 Å². The Morgan fingerprint density at radius 1 is 0.778 bits per heavy atom. The van der Waals surface area contributed by atoms with Gasteiger partial charge in [0.05, 0.1) is 0 Å². The molecule has 0 saturated heterocycles. The molecule has 134 valence electrons. The third kappa shape index (κ3) is 5.73. The van der Waals surface area contributed by atoms with Gasteiger partial charge < -0.3 is 13.8 Å². The molecule has 0 aliphatic heterocycles. The van der Waals surface area contributed by atoms with Gasteiger partial charge in [0.15, 0.2) is 0 Å². The number of fused-ring (bicyclic) bond motifs is 4. The molecule has 4 aromatic rings. The van der Waals surface area contributed by atoms with E-state index in [-0.39, 0.29) is 21.7 Å². The molecule has 0 fully saturated rings. The van der Waals surface area contributed by atoms with E-state index in [1.165, 1.54) is 33.0 Å². The normalized spacial score (nSPS) is 9.78. The van der Waals surface area contributed by atoms with Gasteiger partial charge in [-0.25, -0.2) is 0 Å². The summed E-state index contributed by atoms with van der Waals surface area (Å²) < 4.78 is 0. The number of hydrogen-bond donors (Lipinski definition) is 0. The summed E-state index contributed by atoms with van der Waals surface area (Å²) in [5.41, 5.74) is 5.51. The van der Waals surface area contributed by atoms with Crippen LogP contribution in [-0.2, 0) is 28.1 Å². The molecule has 0 heterocycles. The van der Waals surface area contributed by atoms with E-state index in [1.807, 2.05) is 6.07 Å². The van der Waals surface area contributed by atoms with Crippen molar-refractivity contribution in [1.82, 2.24) is 0 Å². The molecule has 27 heavy (non-hydrogen) atoms. The Bertz CT molecular complexity index is 844. The first-order valence-corrected chi connectivity index (χ1v) is 9.01. The van der Waals surface area contributed by atoms with Crippen molar-refractivity contribution in [1.29, 1.82) is 0 Å². The van der Waals surface area contributed by atoms with Crippen LogP contribution in [0.5, 0.6) is 0 Å². The Balaban J connectivity index is 0.000000230. The molecular formula is C26H26Ti. The fourth-order valence-electron chi connectivity index (χ4n) is 3.07. The van der Waals surface area contributed by atoms with Crippen molar-refractivity contribution in [3.8, 4) is 11.1 Å². The summed E-state index contributed by atoms with van der Waals surface area (Å²) >= 11 is 0. The van der Waals surface area contributed by atoms with Crippen molar-refractivity contribution in [3.05, 3.63) is 116 Å². The van der Waals surface area contributed by atoms with Gasteiger partial charge in [0.2, 0.25) is 0 Å². The van der Waals surface area contributed by atoms with Gasteiger partial charge in [-0.05, 0) is 6.42 Å². The Labute approximate surface area is 179 Å². The van der Waals surface area contributed by atoms with Crippen LogP contribution < -0.4 is 0 Å². The predicted molar refractivity (Wildman–Crippen MR) is 115 cm³/mol. The summed E-state index contributed by atoms with van der Waals surface area (Å²) in [6.45, 7) is 10.0. The number of hydrogen-bond acceptors (Lipinski definition) is 0. The minimum absolute atomic E-state index is 0.